The van der Waals surface area contributed by atoms with E-state index in [4.69, 9.17) is 9.83 Å². The highest BCUT2D eigenvalue weighted by atomic mass is 16.6. The van der Waals surface area contributed by atoms with Crippen molar-refractivity contribution in [3.05, 3.63) is 12.3 Å². The highest BCUT2D eigenvalue weighted by Crippen LogP contribution is 2.27. The van der Waals surface area contributed by atoms with Crippen molar-refractivity contribution in [3.8, 4) is 0 Å². The molecule has 1 unspecified atom stereocenters. The van der Waals surface area contributed by atoms with Gasteiger partial charge in [0.1, 0.15) is 5.76 Å². The first-order chi connectivity index (χ1) is 9.72. The van der Waals surface area contributed by atoms with Crippen molar-refractivity contribution in [1.29, 1.82) is 0 Å². The molecule has 20 heavy (non-hydrogen) atoms. The molecule has 2 aliphatic carbocycles. The summed E-state index contributed by atoms with van der Waals surface area (Å²) in [6, 6.07) is 0.687. The van der Waals surface area contributed by atoms with Gasteiger partial charge in [0.15, 0.2) is 5.96 Å². The Morgan fingerprint density at radius 1 is 1.35 bits per heavy atom. The second kappa shape index (κ2) is 6.04. The molecule has 2 saturated carbocycles. The molecule has 0 aromatic rings. The number of likely N-dealkylation sites (tertiary alicyclic amines) is 1. The Balaban J connectivity index is 1.47. The van der Waals surface area contributed by atoms with Crippen molar-refractivity contribution in [2.24, 2.45) is 10.9 Å². The molecular formula is C15H26N4O. The third-order valence-corrected chi connectivity index (χ3v) is 4.36. The molecule has 2 N–H and O–H groups in total. The van der Waals surface area contributed by atoms with Crippen LogP contribution < -0.4 is 10.8 Å². The van der Waals surface area contributed by atoms with E-state index in [1.54, 1.807) is 0 Å². The zero-order chi connectivity index (χ0) is 13.9. The number of aliphatic imine (C=N–C) groups is 1. The van der Waals surface area contributed by atoms with Crippen LogP contribution in [0, 0.1) is 5.92 Å². The van der Waals surface area contributed by atoms with Crippen LogP contribution in [-0.4, -0.2) is 42.6 Å². The van der Waals surface area contributed by atoms with E-state index in [1.807, 2.05) is 6.92 Å². The van der Waals surface area contributed by atoms with Crippen LogP contribution in [0.25, 0.3) is 0 Å². The van der Waals surface area contributed by atoms with E-state index in [0.717, 1.165) is 37.9 Å². The molecule has 3 fully saturated rings. The Kier molecular flexibility index (Phi) is 4.15. The first-order valence-electron chi connectivity index (χ1n) is 7.87. The smallest absolute Gasteiger partial charge is 0.194 e. The van der Waals surface area contributed by atoms with Crippen LogP contribution >= 0.6 is 0 Å². The van der Waals surface area contributed by atoms with Gasteiger partial charge in [0.05, 0.1) is 12.1 Å². The Labute approximate surface area is 121 Å². The van der Waals surface area contributed by atoms with E-state index in [9.17, 15) is 0 Å². The van der Waals surface area contributed by atoms with Crippen LogP contribution in [0.15, 0.2) is 17.3 Å². The Morgan fingerprint density at radius 2 is 2.15 bits per heavy atom. The van der Waals surface area contributed by atoms with Gasteiger partial charge in [-0.15, -0.1) is 0 Å². The minimum atomic E-state index is 0.341. The summed E-state index contributed by atoms with van der Waals surface area (Å²) in [5, 5.41) is 3.57. The summed E-state index contributed by atoms with van der Waals surface area (Å²) in [6.45, 7) is 8.93. The fourth-order valence-electron chi connectivity index (χ4n) is 2.48. The molecule has 3 aliphatic rings. The second-order valence-corrected chi connectivity index (χ2v) is 6.30. The predicted octanol–water partition coefficient (Wildman–Crippen LogP) is 1.63. The molecule has 1 saturated heterocycles. The molecule has 0 aromatic heterocycles. The Hall–Kier alpha value is -1.23. The third-order valence-electron chi connectivity index (χ3n) is 4.36. The van der Waals surface area contributed by atoms with E-state index in [0.29, 0.717) is 17.8 Å². The molecular weight excluding hydrogens is 252 g/mol. The number of guanidine groups is 1. The molecule has 112 valence electrons. The van der Waals surface area contributed by atoms with E-state index < -0.39 is 0 Å². The van der Waals surface area contributed by atoms with E-state index in [2.05, 4.69) is 22.3 Å². The molecule has 0 radical (unpaired) electrons. The maximum Gasteiger partial charge on any atom is 0.194 e. The summed E-state index contributed by atoms with van der Waals surface area (Å²) in [6.07, 6.45) is 6.49. The number of hydroxylamine groups is 1. The molecule has 0 bridgehead atoms. The van der Waals surface area contributed by atoms with Crippen LogP contribution in [0.5, 0.6) is 0 Å². The van der Waals surface area contributed by atoms with Gasteiger partial charge in [0.25, 0.3) is 0 Å². The Bertz CT molecular complexity index is 387. The molecule has 1 heterocycles. The van der Waals surface area contributed by atoms with Gasteiger partial charge in [-0.25, -0.2) is 4.99 Å². The lowest BCUT2D eigenvalue weighted by atomic mass is 9.85. The Morgan fingerprint density at radius 3 is 2.70 bits per heavy atom. The molecule has 5 heteroatoms. The zero-order valence-electron chi connectivity index (χ0n) is 12.4. The van der Waals surface area contributed by atoms with Crippen LogP contribution in [0.3, 0.4) is 0 Å². The van der Waals surface area contributed by atoms with Gasteiger partial charge in [-0.2, -0.15) is 5.48 Å². The first-order valence-corrected chi connectivity index (χ1v) is 7.87. The topological polar surface area (TPSA) is 48.9 Å². The zero-order valence-corrected chi connectivity index (χ0v) is 12.4. The van der Waals surface area contributed by atoms with Crippen molar-refractivity contribution in [1.82, 2.24) is 15.7 Å². The highest BCUT2D eigenvalue weighted by Gasteiger charge is 2.39. The molecule has 0 amide bonds. The van der Waals surface area contributed by atoms with Crippen molar-refractivity contribution in [3.63, 3.8) is 0 Å². The number of hydrogen-bond acceptors (Lipinski definition) is 3. The second-order valence-electron chi connectivity index (χ2n) is 6.30. The fraction of sp³-hybridized carbons (Fsp3) is 0.800. The monoisotopic (exact) mass is 278 g/mol. The van der Waals surface area contributed by atoms with Crippen molar-refractivity contribution < 1.29 is 4.84 Å². The van der Waals surface area contributed by atoms with Gasteiger partial charge in [-0.3, -0.25) is 0 Å². The minimum Gasteiger partial charge on any atom is -0.414 e. The van der Waals surface area contributed by atoms with E-state index in [1.165, 1.54) is 25.7 Å². The highest BCUT2D eigenvalue weighted by molar-refractivity contribution is 5.81. The molecule has 0 aromatic carbocycles. The largest absolute Gasteiger partial charge is 0.414 e. The van der Waals surface area contributed by atoms with Crippen molar-refractivity contribution in [2.45, 2.75) is 51.1 Å². The van der Waals surface area contributed by atoms with Crippen LogP contribution in [0.4, 0.5) is 0 Å². The standard InChI is InChI=1S/C15H26N4O/c1-11(2)20-18-14-9-13(14)17-15(19-7-4-8-19)16-10-12-5-3-6-12/h12-14,18H,1,3-10H2,2H3,(H,16,17)/t13?,14-/m1/s1. The minimum absolute atomic E-state index is 0.341. The normalized spacial score (nSPS) is 29.4. The number of nitrogens with one attached hydrogen (secondary N) is 2. The SMILES string of the molecule is C=C(C)ON[C@@H]1CC1N=C(NCC1CCC1)N1CCC1. The van der Waals surface area contributed by atoms with Crippen molar-refractivity contribution >= 4 is 5.96 Å². The van der Waals surface area contributed by atoms with Crippen LogP contribution in [0.1, 0.15) is 39.0 Å². The quantitative estimate of drug-likeness (QED) is 0.336. The molecule has 3 rings (SSSR count). The van der Waals surface area contributed by atoms with Gasteiger partial charge in [0.2, 0.25) is 0 Å². The van der Waals surface area contributed by atoms with Crippen molar-refractivity contribution in [2.75, 3.05) is 19.6 Å². The maximum absolute atomic E-state index is 5.26. The molecule has 2 atom stereocenters. The van der Waals surface area contributed by atoms with Crippen LogP contribution in [0.2, 0.25) is 0 Å². The summed E-state index contributed by atoms with van der Waals surface area (Å²) in [5.41, 5.74) is 3.02. The number of nitrogens with zero attached hydrogens (tertiary/aromatic N) is 2. The number of rotatable bonds is 6. The lowest BCUT2D eigenvalue weighted by Crippen LogP contribution is -2.50. The predicted molar refractivity (Wildman–Crippen MR) is 80.2 cm³/mol. The molecule has 1 aliphatic heterocycles. The molecule has 5 nitrogen and oxygen atoms in total. The summed E-state index contributed by atoms with van der Waals surface area (Å²) in [7, 11) is 0. The maximum atomic E-state index is 5.26. The average Bonchev–Trinajstić information content (AvgIpc) is 3.00. The van der Waals surface area contributed by atoms with Gasteiger partial charge < -0.3 is 15.1 Å². The van der Waals surface area contributed by atoms with Gasteiger partial charge >= 0.3 is 0 Å². The van der Waals surface area contributed by atoms with E-state index in [-0.39, 0.29) is 0 Å². The lowest BCUT2D eigenvalue weighted by molar-refractivity contribution is 0.101. The summed E-state index contributed by atoms with van der Waals surface area (Å²) >= 11 is 0. The van der Waals surface area contributed by atoms with Gasteiger partial charge in [0, 0.05) is 19.6 Å². The van der Waals surface area contributed by atoms with Gasteiger partial charge in [-0.1, -0.05) is 13.0 Å². The summed E-state index contributed by atoms with van der Waals surface area (Å²) in [5.74, 6) is 2.67. The summed E-state index contributed by atoms with van der Waals surface area (Å²) < 4.78 is 0. The molecule has 0 spiro atoms. The lowest BCUT2D eigenvalue weighted by Gasteiger charge is -2.36. The third kappa shape index (κ3) is 3.45. The average molecular weight is 278 g/mol. The van der Waals surface area contributed by atoms with Crippen LogP contribution in [-0.2, 0) is 4.84 Å². The fourth-order valence-corrected chi connectivity index (χ4v) is 2.48. The number of allylic oxidation sites excluding steroid dienone is 1. The first kappa shape index (κ1) is 13.7. The van der Waals surface area contributed by atoms with E-state index >= 15 is 0 Å². The summed E-state index contributed by atoms with van der Waals surface area (Å²) in [4.78, 5) is 12.5. The van der Waals surface area contributed by atoms with Gasteiger partial charge in [-0.05, 0) is 38.5 Å². The number of hydrogen-bond donors (Lipinski definition) is 2.